The third-order valence-electron chi connectivity index (χ3n) is 2.14. The maximum absolute atomic E-state index is 11.3. The van der Waals surface area contributed by atoms with E-state index >= 15 is 0 Å². The van der Waals surface area contributed by atoms with Crippen LogP contribution >= 0.6 is 9.24 Å². The van der Waals surface area contributed by atoms with Crippen LogP contribution in [0, 0.1) is 0 Å². The van der Waals surface area contributed by atoms with Gasteiger partial charge < -0.3 is 5.73 Å². The van der Waals surface area contributed by atoms with Crippen LogP contribution in [0.3, 0.4) is 0 Å². The van der Waals surface area contributed by atoms with Crippen LogP contribution in [0.4, 0.5) is 0 Å². The van der Waals surface area contributed by atoms with Gasteiger partial charge in [-0.15, -0.1) is 9.24 Å². The molecule has 0 spiro atoms. The highest BCUT2D eigenvalue weighted by Crippen LogP contribution is 2.17. The molecule has 1 unspecified atom stereocenters. The summed E-state index contributed by atoms with van der Waals surface area (Å²) in [5.74, 6) is 0.136. The van der Waals surface area contributed by atoms with Crippen molar-refractivity contribution >= 4 is 15.0 Å². The third-order valence-corrected chi connectivity index (χ3v) is 2.51. The Labute approximate surface area is 87.1 Å². The summed E-state index contributed by atoms with van der Waals surface area (Å²) < 4.78 is 0. The van der Waals surface area contributed by atoms with Crippen LogP contribution in [0.1, 0.15) is 29.8 Å². The molecule has 0 saturated heterocycles. The van der Waals surface area contributed by atoms with Crippen LogP contribution < -0.4 is 5.73 Å². The van der Waals surface area contributed by atoms with E-state index in [1.807, 2.05) is 38.1 Å². The van der Waals surface area contributed by atoms with E-state index in [1.54, 1.807) is 0 Å². The molecular weight excluding hydrogens is 193 g/mol. The number of rotatable bonds is 3. The molecular formula is C11H16NOP. The van der Waals surface area contributed by atoms with E-state index in [4.69, 9.17) is 5.73 Å². The van der Waals surface area contributed by atoms with Gasteiger partial charge in [-0.2, -0.15) is 0 Å². The van der Waals surface area contributed by atoms with Crippen molar-refractivity contribution in [3.05, 3.63) is 35.4 Å². The maximum atomic E-state index is 11.3. The summed E-state index contributed by atoms with van der Waals surface area (Å²) >= 11 is 0. The minimum atomic E-state index is -0.345. The van der Waals surface area contributed by atoms with Crippen LogP contribution in [0.15, 0.2) is 24.3 Å². The topological polar surface area (TPSA) is 43.1 Å². The van der Waals surface area contributed by atoms with Gasteiger partial charge in [-0.05, 0) is 19.4 Å². The number of carbonyl (C=O) groups excluding carboxylic acids is 1. The van der Waals surface area contributed by atoms with Crippen molar-refractivity contribution < 1.29 is 4.79 Å². The van der Waals surface area contributed by atoms with Crippen LogP contribution in [-0.2, 0) is 5.54 Å². The molecule has 1 aromatic carbocycles. The van der Waals surface area contributed by atoms with Crippen molar-refractivity contribution in [1.82, 2.24) is 0 Å². The Hall–Kier alpha value is -0.720. The van der Waals surface area contributed by atoms with E-state index < -0.39 is 0 Å². The van der Waals surface area contributed by atoms with Crippen LogP contribution in [0.2, 0.25) is 0 Å². The predicted octanol–water partition coefficient (Wildman–Crippen LogP) is 1.94. The molecule has 0 saturated carbocycles. The predicted molar refractivity (Wildman–Crippen MR) is 62.6 cm³/mol. The summed E-state index contributed by atoms with van der Waals surface area (Å²) in [7, 11) is 2.43. The van der Waals surface area contributed by atoms with E-state index in [0.29, 0.717) is 6.16 Å². The fraction of sp³-hybridized carbons (Fsp3) is 0.364. The molecule has 76 valence electrons. The first kappa shape index (κ1) is 11.4. The van der Waals surface area contributed by atoms with E-state index in [9.17, 15) is 4.79 Å². The summed E-state index contributed by atoms with van der Waals surface area (Å²) in [6, 6.07) is 7.48. The lowest BCUT2D eigenvalue weighted by atomic mass is 9.94. The van der Waals surface area contributed by atoms with E-state index in [1.165, 1.54) is 0 Å². The third kappa shape index (κ3) is 2.63. The minimum absolute atomic E-state index is 0.136. The van der Waals surface area contributed by atoms with Crippen molar-refractivity contribution in [3.8, 4) is 0 Å². The molecule has 0 amide bonds. The lowest BCUT2D eigenvalue weighted by Crippen LogP contribution is -2.28. The summed E-state index contributed by atoms with van der Waals surface area (Å²) in [5, 5.41) is 0. The fourth-order valence-electron chi connectivity index (χ4n) is 1.20. The average Bonchev–Trinajstić information content (AvgIpc) is 2.15. The molecule has 0 aliphatic heterocycles. The van der Waals surface area contributed by atoms with Crippen molar-refractivity contribution in [2.45, 2.75) is 19.4 Å². The molecule has 0 fully saturated rings. The number of carbonyl (C=O) groups is 1. The summed E-state index contributed by atoms with van der Waals surface area (Å²) in [4.78, 5) is 11.3. The van der Waals surface area contributed by atoms with Gasteiger partial charge in [0, 0.05) is 17.3 Å². The monoisotopic (exact) mass is 209 g/mol. The van der Waals surface area contributed by atoms with Gasteiger partial charge >= 0.3 is 0 Å². The van der Waals surface area contributed by atoms with Gasteiger partial charge in [0.05, 0.1) is 0 Å². The molecule has 0 aromatic heterocycles. The minimum Gasteiger partial charge on any atom is -0.322 e. The number of hydrogen-bond acceptors (Lipinski definition) is 2. The normalized spacial score (nSPS) is 11.4. The van der Waals surface area contributed by atoms with E-state index in [-0.39, 0.29) is 11.3 Å². The molecule has 0 aliphatic rings. The molecule has 0 radical (unpaired) electrons. The van der Waals surface area contributed by atoms with Gasteiger partial charge in [-0.3, -0.25) is 4.79 Å². The van der Waals surface area contributed by atoms with Crippen LogP contribution in [-0.4, -0.2) is 11.9 Å². The Morgan fingerprint density at radius 3 is 2.21 bits per heavy atom. The molecule has 0 heterocycles. The first-order valence-electron chi connectivity index (χ1n) is 4.58. The van der Waals surface area contributed by atoms with Crippen molar-refractivity contribution in [1.29, 1.82) is 0 Å². The molecule has 0 bridgehead atoms. The van der Waals surface area contributed by atoms with Crippen LogP contribution in [0.25, 0.3) is 0 Å². The number of Topliss-reactive ketones (excluding diaryl/α,β-unsaturated/α-hetero) is 1. The largest absolute Gasteiger partial charge is 0.322 e. The highest BCUT2D eigenvalue weighted by atomic mass is 31.0. The van der Waals surface area contributed by atoms with E-state index in [2.05, 4.69) is 9.24 Å². The molecule has 1 rings (SSSR count). The second-order valence-corrected chi connectivity index (χ2v) is 4.33. The quantitative estimate of drug-likeness (QED) is 0.610. The lowest BCUT2D eigenvalue weighted by molar-refractivity contribution is 0.102. The average molecular weight is 209 g/mol. The number of hydrogen-bond donors (Lipinski definition) is 1. The van der Waals surface area contributed by atoms with Crippen LogP contribution in [0.5, 0.6) is 0 Å². The Balaban J connectivity index is 2.95. The maximum Gasteiger partial charge on any atom is 0.166 e. The molecule has 2 N–H and O–H groups in total. The molecule has 3 heteroatoms. The summed E-state index contributed by atoms with van der Waals surface area (Å²) in [6.07, 6.45) is 0.464. The van der Waals surface area contributed by atoms with Gasteiger partial charge in [0.2, 0.25) is 0 Å². The number of benzene rings is 1. The molecule has 2 nitrogen and oxygen atoms in total. The Kier molecular flexibility index (Phi) is 3.41. The van der Waals surface area contributed by atoms with Gasteiger partial charge in [-0.25, -0.2) is 0 Å². The van der Waals surface area contributed by atoms with Crippen molar-refractivity contribution in [2.24, 2.45) is 5.73 Å². The summed E-state index contributed by atoms with van der Waals surface area (Å²) in [6.45, 7) is 3.89. The SMILES string of the molecule is CC(C)(N)c1ccc(C(=O)CP)cc1. The molecule has 1 atom stereocenters. The van der Waals surface area contributed by atoms with Gasteiger partial charge in [-0.1, -0.05) is 24.3 Å². The van der Waals surface area contributed by atoms with Gasteiger partial charge in [0.1, 0.15) is 0 Å². The Bertz CT molecular complexity index is 324. The molecule has 1 aromatic rings. The standard InChI is InChI=1S/C11H16NOP/c1-11(2,12)9-5-3-8(4-6-9)10(13)7-14/h3-6H,7,12,14H2,1-2H3. The fourth-order valence-corrected chi connectivity index (χ4v) is 1.44. The zero-order valence-corrected chi connectivity index (χ0v) is 9.73. The second kappa shape index (κ2) is 4.20. The highest BCUT2D eigenvalue weighted by molar-refractivity contribution is 7.18. The number of nitrogens with two attached hydrogens (primary N) is 1. The first-order valence-corrected chi connectivity index (χ1v) is 5.39. The molecule has 0 aliphatic carbocycles. The number of ketones is 1. The van der Waals surface area contributed by atoms with Gasteiger partial charge in [0.25, 0.3) is 0 Å². The van der Waals surface area contributed by atoms with Gasteiger partial charge in [0.15, 0.2) is 5.78 Å². The van der Waals surface area contributed by atoms with E-state index in [0.717, 1.165) is 11.1 Å². The summed E-state index contributed by atoms with van der Waals surface area (Å²) in [5.41, 5.74) is 7.36. The Morgan fingerprint density at radius 1 is 1.36 bits per heavy atom. The van der Waals surface area contributed by atoms with Crippen molar-refractivity contribution in [3.63, 3.8) is 0 Å². The first-order chi connectivity index (χ1) is 6.45. The zero-order valence-electron chi connectivity index (χ0n) is 8.58. The van der Waals surface area contributed by atoms with Crippen molar-refractivity contribution in [2.75, 3.05) is 6.16 Å². The molecule has 14 heavy (non-hydrogen) atoms. The Morgan fingerprint density at radius 2 is 1.86 bits per heavy atom. The smallest absolute Gasteiger partial charge is 0.166 e. The lowest BCUT2D eigenvalue weighted by Gasteiger charge is -2.19. The second-order valence-electron chi connectivity index (χ2n) is 3.93. The zero-order chi connectivity index (χ0) is 10.8. The highest BCUT2D eigenvalue weighted by Gasteiger charge is 2.13.